The highest BCUT2D eigenvalue weighted by atomic mass is 19.1. The molecule has 0 bridgehead atoms. The van der Waals surface area contributed by atoms with Crippen molar-refractivity contribution in [3.63, 3.8) is 0 Å². The van der Waals surface area contributed by atoms with Crippen LogP contribution in [-0.4, -0.2) is 52.7 Å². The molecule has 2 heterocycles. The molecule has 4 amide bonds. The number of hydrogen-bond donors (Lipinski definition) is 0. The zero-order chi connectivity index (χ0) is 19.1. The lowest BCUT2D eigenvalue weighted by Gasteiger charge is -2.19. The van der Waals surface area contributed by atoms with Gasteiger partial charge in [0, 0.05) is 17.7 Å². The van der Waals surface area contributed by atoms with Crippen LogP contribution >= 0.6 is 0 Å². The quantitative estimate of drug-likeness (QED) is 0.746. The number of halogens is 1. The maximum Gasteiger partial charge on any atom is 0.261 e. The van der Waals surface area contributed by atoms with Crippen molar-refractivity contribution in [2.45, 2.75) is 25.4 Å². The number of carbonyl (C=O) groups is 4. The summed E-state index contributed by atoms with van der Waals surface area (Å²) in [6, 6.07) is 6.37. The molecular weight excluding hydrogens is 351 g/mol. The zero-order valence-corrected chi connectivity index (χ0v) is 14.5. The summed E-state index contributed by atoms with van der Waals surface area (Å²) < 4.78 is 14.5. The standard InChI is InChI=1S/C20H17FN2O4/c21-12(11-23-19(26)15-7-3-4-8-16(15)20(23)27)9-10-22-17(24)13-5-1-2-6-14(13)18(22)25/h1,3-5,7-8,12H,2,6,9-11H2. The molecule has 0 saturated carbocycles. The Kier molecular flexibility index (Phi) is 4.22. The number of hydrogen-bond acceptors (Lipinski definition) is 4. The average Bonchev–Trinajstić information content (AvgIpc) is 3.07. The molecule has 0 fully saturated rings. The molecular formula is C20H17FN2O4. The van der Waals surface area contributed by atoms with Crippen LogP contribution in [-0.2, 0) is 9.59 Å². The van der Waals surface area contributed by atoms with E-state index in [1.54, 1.807) is 18.2 Å². The second-order valence-corrected chi connectivity index (χ2v) is 6.75. The fourth-order valence-electron chi connectivity index (χ4n) is 3.65. The van der Waals surface area contributed by atoms with Gasteiger partial charge in [-0.2, -0.15) is 0 Å². The molecule has 1 atom stereocenters. The van der Waals surface area contributed by atoms with Crippen LogP contribution in [0.1, 0.15) is 40.0 Å². The largest absolute Gasteiger partial charge is 0.275 e. The number of amides is 4. The molecule has 138 valence electrons. The third-order valence-corrected chi connectivity index (χ3v) is 5.07. The Labute approximate surface area is 154 Å². The Balaban J connectivity index is 1.37. The molecule has 6 nitrogen and oxygen atoms in total. The van der Waals surface area contributed by atoms with E-state index in [9.17, 15) is 23.6 Å². The third-order valence-electron chi connectivity index (χ3n) is 5.07. The molecule has 7 heteroatoms. The van der Waals surface area contributed by atoms with Gasteiger partial charge in [0.05, 0.1) is 17.7 Å². The molecule has 1 aliphatic carbocycles. The minimum Gasteiger partial charge on any atom is -0.275 e. The van der Waals surface area contributed by atoms with Gasteiger partial charge in [-0.25, -0.2) is 4.39 Å². The number of rotatable bonds is 5. The van der Waals surface area contributed by atoms with Gasteiger partial charge >= 0.3 is 0 Å². The minimum atomic E-state index is -1.53. The van der Waals surface area contributed by atoms with Crippen molar-refractivity contribution in [1.82, 2.24) is 9.80 Å². The fourth-order valence-corrected chi connectivity index (χ4v) is 3.65. The molecule has 0 radical (unpaired) electrons. The van der Waals surface area contributed by atoms with Crippen LogP contribution in [0.4, 0.5) is 4.39 Å². The van der Waals surface area contributed by atoms with Gasteiger partial charge in [0.1, 0.15) is 6.17 Å². The van der Waals surface area contributed by atoms with E-state index in [0.29, 0.717) is 24.0 Å². The van der Waals surface area contributed by atoms with Gasteiger partial charge < -0.3 is 0 Å². The zero-order valence-electron chi connectivity index (χ0n) is 14.5. The summed E-state index contributed by atoms with van der Waals surface area (Å²) in [5.41, 5.74) is 1.41. The summed E-state index contributed by atoms with van der Waals surface area (Å²) in [4.78, 5) is 51.1. The third kappa shape index (κ3) is 2.79. The molecule has 0 N–H and O–H groups in total. The monoisotopic (exact) mass is 368 g/mol. The number of allylic oxidation sites excluding steroid dienone is 1. The highest BCUT2D eigenvalue weighted by molar-refractivity contribution is 6.21. The van der Waals surface area contributed by atoms with E-state index < -0.39 is 30.4 Å². The van der Waals surface area contributed by atoms with E-state index in [1.807, 2.05) is 6.08 Å². The predicted molar refractivity (Wildman–Crippen MR) is 93.4 cm³/mol. The van der Waals surface area contributed by atoms with E-state index in [1.165, 1.54) is 12.1 Å². The molecule has 1 unspecified atom stereocenters. The lowest BCUT2D eigenvalue weighted by atomic mass is 10.00. The van der Waals surface area contributed by atoms with E-state index >= 15 is 0 Å². The van der Waals surface area contributed by atoms with Gasteiger partial charge in [-0.15, -0.1) is 0 Å². The maximum atomic E-state index is 14.5. The Morgan fingerprint density at radius 2 is 1.59 bits per heavy atom. The first-order valence-corrected chi connectivity index (χ1v) is 8.84. The number of benzene rings is 1. The van der Waals surface area contributed by atoms with Crippen LogP contribution < -0.4 is 0 Å². The molecule has 4 rings (SSSR count). The molecule has 0 spiro atoms. The lowest BCUT2D eigenvalue weighted by Crippen LogP contribution is -2.38. The van der Waals surface area contributed by atoms with Gasteiger partial charge in [0.15, 0.2) is 0 Å². The smallest absolute Gasteiger partial charge is 0.261 e. The molecule has 0 aromatic heterocycles. The van der Waals surface area contributed by atoms with Crippen molar-refractivity contribution in [2.75, 3.05) is 13.1 Å². The minimum absolute atomic E-state index is 0.0805. The second kappa shape index (κ2) is 6.57. The van der Waals surface area contributed by atoms with Gasteiger partial charge in [-0.1, -0.05) is 24.3 Å². The first-order valence-electron chi connectivity index (χ1n) is 8.84. The van der Waals surface area contributed by atoms with Crippen LogP contribution in [0.25, 0.3) is 0 Å². The Morgan fingerprint density at radius 1 is 0.926 bits per heavy atom. The molecule has 2 aliphatic heterocycles. The van der Waals surface area contributed by atoms with Crippen molar-refractivity contribution in [3.05, 3.63) is 58.7 Å². The first-order chi connectivity index (χ1) is 13.0. The summed E-state index contributed by atoms with van der Waals surface area (Å²) in [5, 5.41) is 0. The molecule has 3 aliphatic rings. The van der Waals surface area contributed by atoms with Crippen LogP contribution in [0.3, 0.4) is 0 Å². The van der Waals surface area contributed by atoms with Crippen LogP contribution in [0.15, 0.2) is 47.6 Å². The van der Waals surface area contributed by atoms with Gasteiger partial charge in [0.25, 0.3) is 23.6 Å². The van der Waals surface area contributed by atoms with Crippen LogP contribution in [0.2, 0.25) is 0 Å². The molecule has 0 saturated heterocycles. The van der Waals surface area contributed by atoms with E-state index in [-0.39, 0.29) is 30.0 Å². The lowest BCUT2D eigenvalue weighted by molar-refractivity contribution is -0.137. The van der Waals surface area contributed by atoms with Crippen molar-refractivity contribution in [1.29, 1.82) is 0 Å². The average molecular weight is 368 g/mol. The van der Waals surface area contributed by atoms with Gasteiger partial charge in [-0.3, -0.25) is 29.0 Å². The molecule has 1 aromatic rings. The van der Waals surface area contributed by atoms with E-state index in [2.05, 4.69) is 0 Å². The Morgan fingerprint density at radius 3 is 2.22 bits per heavy atom. The summed E-state index contributed by atoms with van der Waals surface area (Å²) in [7, 11) is 0. The van der Waals surface area contributed by atoms with Crippen molar-refractivity contribution in [3.8, 4) is 0 Å². The second-order valence-electron chi connectivity index (χ2n) is 6.75. The normalized spacial score (nSPS) is 19.9. The summed E-state index contributed by atoms with van der Waals surface area (Å²) in [5.74, 6) is -1.81. The summed E-state index contributed by atoms with van der Waals surface area (Å²) in [6.45, 7) is -0.474. The number of carbonyl (C=O) groups excluding carboxylic acids is 4. The first kappa shape index (κ1) is 17.3. The fraction of sp³-hybridized carbons (Fsp3) is 0.300. The maximum absolute atomic E-state index is 14.5. The number of alkyl halides is 1. The van der Waals surface area contributed by atoms with Crippen LogP contribution in [0.5, 0.6) is 0 Å². The Bertz CT molecular complexity index is 899. The van der Waals surface area contributed by atoms with Crippen molar-refractivity contribution < 1.29 is 23.6 Å². The summed E-state index contributed by atoms with van der Waals surface area (Å²) in [6.07, 6.45) is 3.05. The highest BCUT2D eigenvalue weighted by Gasteiger charge is 2.39. The molecule has 1 aromatic carbocycles. The number of nitrogens with zero attached hydrogens (tertiary/aromatic N) is 2. The molecule has 27 heavy (non-hydrogen) atoms. The van der Waals surface area contributed by atoms with Crippen LogP contribution in [0, 0.1) is 0 Å². The number of fused-ring (bicyclic) bond motifs is 1. The SMILES string of the molecule is O=C1C2=C(CCC=C2)C(=O)N1CCC(F)CN1C(=O)c2ccccc2C1=O. The van der Waals surface area contributed by atoms with Gasteiger partial charge in [0.2, 0.25) is 0 Å². The van der Waals surface area contributed by atoms with E-state index in [0.717, 1.165) is 9.80 Å². The predicted octanol–water partition coefficient (Wildman–Crippen LogP) is 2.03. The van der Waals surface area contributed by atoms with Gasteiger partial charge in [-0.05, 0) is 31.4 Å². The highest BCUT2D eigenvalue weighted by Crippen LogP contribution is 2.29. The topological polar surface area (TPSA) is 74.8 Å². The van der Waals surface area contributed by atoms with Crippen molar-refractivity contribution in [2.24, 2.45) is 0 Å². The summed E-state index contributed by atoms with van der Waals surface area (Å²) >= 11 is 0. The van der Waals surface area contributed by atoms with E-state index in [4.69, 9.17) is 0 Å². The number of imide groups is 2. The van der Waals surface area contributed by atoms with Crippen molar-refractivity contribution >= 4 is 23.6 Å². The Hall–Kier alpha value is -3.09.